The molecule has 106 valence electrons. The van der Waals surface area contributed by atoms with Gasteiger partial charge in [0, 0.05) is 29.2 Å². The summed E-state index contributed by atoms with van der Waals surface area (Å²) in [4.78, 5) is 15.7. The summed E-state index contributed by atoms with van der Waals surface area (Å²) in [5.74, 6) is 0. The van der Waals surface area contributed by atoms with E-state index in [1.807, 2.05) is 6.07 Å². The van der Waals surface area contributed by atoms with E-state index in [-0.39, 0.29) is 5.56 Å². The Bertz CT molecular complexity index is 649. The van der Waals surface area contributed by atoms with Crippen LogP contribution in [-0.4, -0.2) is 11.5 Å². The SMILES string of the molecule is O=c1ccc2c([nH]1)CCCC2NCCc1ccc(Br)s1. The van der Waals surface area contributed by atoms with Gasteiger partial charge in [0.2, 0.25) is 5.56 Å². The van der Waals surface area contributed by atoms with E-state index >= 15 is 0 Å². The highest BCUT2D eigenvalue weighted by atomic mass is 79.9. The second-order valence-electron chi connectivity index (χ2n) is 5.11. The number of hydrogen-bond acceptors (Lipinski definition) is 3. The third-order valence-electron chi connectivity index (χ3n) is 3.72. The van der Waals surface area contributed by atoms with Gasteiger partial charge in [-0.3, -0.25) is 4.79 Å². The van der Waals surface area contributed by atoms with Crippen molar-refractivity contribution in [1.29, 1.82) is 0 Å². The maximum atomic E-state index is 11.4. The Hall–Kier alpha value is -0.910. The molecule has 0 radical (unpaired) electrons. The van der Waals surface area contributed by atoms with E-state index in [9.17, 15) is 4.79 Å². The Labute approximate surface area is 130 Å². The molecule has 2 N–H and O–H groups in total. The van der Waals surface area contributed by atoms with Gasteiger partial charge in [-0.15, -0.1) is 11.3 Å². The second kappa shape index (κ2) is 6.24. The Morgan fingerprint density at radius 3 is 3.05 bits per heavy atom. The Kier molecular flexibility index (Phi) is 4.38. The first-order valence-electron chi connectivity index (χ1n) is 6.92. The highest BCUT2D eigenvalue weighted by Gasteiger charge is 2.19. The number of rotatable bonds is 4. The standard InChI is InChI=1S/C15H17BrN2OS/c16-14-6-4-10(20-14)8-9-17-12-2-1-3-13-11(12)5-7-15(19)18-13/h4-7,12,17H,1-3,8-9H2,(H,18,19). The first-order valence-corrected chi connectivity index (χ1v) is 8.53. The quantitative estimate of drug-likeness (QED) is 0.885. The number of hydrogen-bond donors (Lipinski definition) is 2. The lowest BCUT2D eigenvalue weighted by molar-refractivity contribution is 0.458. The Balaban J connectivity index is 1.63. The van der Waals surface area contributed by atoms with Gasteiger partial charge in [-0.25, -0.2) is 0 Å². The summed E-state index contributed by atoms with van der Waals surface area (Å²) in [6.45, 7) is 0.968. The summed E-state index contributed by atoms with van der Waals surface area (Å²) < 4.78 is 1.19. The summed E-state index contributed by atoms with van der Waals surface area (Å²) in [5, 5.41) is 3.62. The molecular weight excluding hydrogens is 336 g/mol. The van der Waals surface area contributed by atoms with Crippen molar-refractivity contribution in [3.8, 4) is 0 Å². The monoisotopic (exact) mass is 352 g/mol. The second-order valence-corrected chi connectivity index (χ2v) is 7.66. The van der Waals surface area contributed by atoms with E-state index in [2.05, 4.69) is 38.4 Å². The molecule has 0 aliphatic heterocycles. The predicted molar refractivity (Wildman–Crippen MR) is 86.5 cm³/mol. The van der Waals surface area contributed by atoms with Crippen LogP contribution in [0.3, 0.4) is 0 Å². The van der Waals surface area contributed by atoms with Crippen molar-refractivity contribution < 1.29 is 0 Å². The normalized spacial score (nSPS) is 17.9. The van der Waals surface area contributed by atoms with Gasteiger partial charge >= 0.3 is 0 Å². The molecule has 2 heterocycles. The van der Waals surface area contributed by atoms with Crippen molar-refractivity contribution >= 4 is 27.3 Å². The van der Waals surface area contributed by atoms with E-state index in [4.69, 9.17) is 0 Å². The molecule has 3 rings (SSSR count). The van der Waals surface area contributed by atoms with E-state index in [1.54, 1.807) is 17.4 Å². The van der Waals surface area contributed by atoms with E-state index in [0.717, 1.165) is 37.9 Å². The highest BCUT2D eigenvalue weighted by Crippen LogP contribution is 2.27. The summed E-state index contributed by atoms with van der Waals surface area (Å²) in [7, 11) is 0. The minimum atomic E-state index is 0.00726. The van der Waals surface area contributed by atoms with E-state index in [0.29, 0.717) is 6.04 Å². The maximum absolute atomic E-state index is 11.4. The molecule has 0 fully saturated rings. The smallest absolute Gasteiger partial charge is 0.248 e. The fourth-order valence-corrected chi connectivity index (χ4v) is 4.25. The lowest BCUT2D eigenvalue weighted by Crippen LogP contribution is -2.28. The molecule has 2 aromatic rings. The van der Waals surface area contributed by atoms with Crippen molar-refractivity contribution in [1.82, 2.24) is 10.3 Å². The Morgan fingerprint density at radius 2 is 2.25 bits per heavy atom. The number of nitrogens with one attached hydrogen (secondary N) is 2. The fourth-order valence-electron chi connectivity index (χ4n) is 2.77. The van der Waals surface area contributed by atoms with Crippen molar-refractivity contribution in [3.63, 3.8) is 0 Å². The van der Waals surface area contributed by atoms with Gasteiger partial charge < -0.3 is 10.3 Å². The van der Waals surface area contributed by atoms with Crippen LogP contribution in [-0.2, 0) is 12.8 Å². The van der Waals surface area contributed by atoms with E-state index in [1.165, 1.54) is 14.2 Å². The van der Waals surface area contributed by atoms with Crippen LogP contribution in [0.15, 0.2) is 32.8 Å². The van der Waals surface area contributed by atoms with Crippen LogP contribution in [0.5, 0.6) is 0 Å². The van der Waals surface area contributed by atoms with Gasteiger partial charge in [0.15, 0.2) is 0 Å². The van der Waals surface area contributed by atoms with Crippen LogP contribution in [0, 0.1) is 0 Å². The molecule has 2 aromatic heterocycles. The van der Waals surface area contributed by atoms with Crippen molar-refractivity contribution in [2.24, 2.45) is 0 Å². The zero-order chi connectivity index (χ0) is 13.9. The lowest BCUT2D eigenvalue weighted by Gasteiger charge is -2.25. The third-order valence-corrected chi connectivity index (χ3v) is 5.41. The molecule has 1 aliphatic rings. The van der Waals surface area contributed by atoms with Crippen LogP contribution < -0.4 is 10.9 Å². The molecule has 0 spiro atoms. The van der Waals surface area contributed by atoms with Gasteiger partial charge in [0.25, 0.3) is 0 Å². The molecule has 3 nitrogen and oxygen atoms in total. The first kappa shape index (κ1) is 14.0. The van der Waals surface area contributed by atoms with Gasteiger partial charge in [-0.1, -0.05) is 6.07 Å². The van der Waals surface area contributed by atoms with Gasteiger partial charge in [-0.2, -0.15) is 0 Å². The first-order chi connectivity index (χ1) is 9.72. The minimum absolute atomic E-state index is 0.00726. The number of halogens is 1. The number of aromatic nitrogens is 1. The van der Waals surface area contributed by atoms with Crippen LogP contribution in [0.4, 0.5) is 0 Å². The summed E-state index contributed by atoms with van der Waals surface area (Å²) in [5.41, 5.74) is 2.39. The zero-order valence-corrected chi connectivity index (χ0v) is 13.5. The molecule has 1 atom stereocenters. The number of fused-ring (bicyclic) bond motifs is 1. The maximum Gasteiger partial charge on any atom is 0.248 e. The van der Waals surface area contributed by atoms with Gasteiger partial charge in [-0.05, 0) is 59.3 Å². The molecular formula is C15H17BrN2OS. The molecule has 0 saturated heterocycles. The summed E-state index contributed by atoms with van der Waals surface area (Å²) >= 11 is 5.28. The number of H-pyrrole nitrogens is 1. The molecule has 5 heteroatoms. The molecule has 0 aromatic carbocycles. The van der Waals surface area contributed by atoms with Crippen LogP contribution >= 0.6 is 27.3 Å². The average Bonchev–Trinajstić information content (AvgIpc) is 2.84. The molecule has 1 aliphatic carbocycles. The van der Waals surface area contributed by atoms with E-state index < -0.39 is 0 Å². The summed E-state index contributed by atoms with van der Waals surface area (Å²) in [6.07, 6.45) is 4.31. The molecule has 0 amide bonds. The van der Waals surface area contributed by atoms with Gasteiger partial charge in [0.1, 0.15) is 0 Å². The molecule has 20 heavy (non-hydrogen) atoms. The van der Waals surface area contributed by atoms with Crippen molar-refractivity contribution in [2.75, 3.05) is 6.54 Å². The molecule has 0 saturated carbocycles. The fraction of sp³-hybridized carbons (Fsp3) is 0.400. The predicted octanol–water partition coefficient (Wildman–Crippen LogP) is 3.41. The third kappa shape index (κ3) is 3.22. The lowest BCUT2D eigenvalue weighted by atomic mass is 9.91. The van der Waals surface area contributed by atoms with Gasteiger partial charge in [0.05, 0.1) is 3.79 Å². The van der Waals surface area contributed by atoms with Crippen molar-refractivity contribution in [3.05, 3.63) is 54.5 Å². The largest absolute Gasteiger partial charge is 0.326 e. The molecule has 1 unspecified atom stereocenters. The minimum Gasteiger partial charge on any atom is -0.326 e. The summed E-state index contributed by atoms with van der Waals surface area (Å²) in [6, 6.07) is 8.25. The van der Waals surface area contributed by atoms with Crippen LogP contribution in [0.1, 0.15) is 35.0 Å². The average molecular weight is 353 g/mol. The number of aryl methyl sites for hydroxylation is 1. The zero-order valence-electron chi connectivity index (χ0n) is 11.1. The number of aromatic amines is 1. The van der Waals surface area contributed by atoms with Crippen LogP contribution in [0.2, 0.25) is 0 Å². The number of pyridine rings is 1. The number of thiophene rings is 1. The van der Waals surface area contributed by atoms with Crippen molar-refractivity contribution in [2.45, 2.75) is 31.7 Å². The Morgan fingerprint density at radius 1 is 1.35 bits per heavy atom. The van der Waals surface area contributed by atoms with Crippen LogP contribution in [0.25, 0.3) is 0 Å². The molecule has 0 bridgehead atoms. The topological polar surface area (TPSA) is 44.9 Å². The highest BCUT2D eigenvalue weighted by molar-refractivity contribution is 9.11.